The Morgan fingerprint density at radius 3 is 3.05 bits per heavy atom. The van der Waals surface area contributed by atoms with Crippen molar-refractivity contribution in [2.24, 2.45) is 0 Å². The monoisotopic (exact) mass is 367 g/mol. The van der Waals surface area contributed by atoms with Gasteiger partial charge in [-0.05, 0) is 41.2 Å². The van der Waals surface area contributed by atoms with Crippen molar-refractivity contribution in [1.29, 1.82) is 5.26 Å². The number of benzene rings is 1. The lowest BCUT2D eigenvalue weighted by atomic mass is 10.2. The van der Waals surface area contributed by atoms with E-state index in [1.165, 1.54) is 0 Å². The van der Waals surface area contributed by atoms with Crippen LogP contribution in [0.3, 0.4) is 0 Å². The van der Waals surface area contributed by atoms with E-state index < -0.39 is 5.97 Å². The molecular weight excluding hydrogens is 350 g/mol. The van der Waals surface area contributed by atoms with Crippen LogP contribution in [-0.2, 0) is 9.53 Å². The van der Waals surface area contributed by atoms with E-state index in [2.05, 4.69) is 26.9 Å². The first-order valence-corrected chi connectivity index (χ1v) is 7.75. The first kappa shape index (κ1) is 16.7. The van der Waals surface area contributed by atoms with Crippen molar-refractivity contribution in [3.05, 3.63) is 28.2 Å². The van der Waals surface area contributed by atoms with Gasteiger partial charge < -0.3 is 14.7 Å². The Morgan fingerprint density at radius 2 is 2.41 bits per heavy atom. The molecule has 0 amide bonds. The number of likely N-dealkylation sites (N-methyl/N-ethyl adjacent to an activating group) is 1. The van der Waals surface area contributed by atoms with E-state index in [1.54, 1.807) is 24.1 Å². The molecule has 0 bridgehead atoms. The number of anilines is 1. The van der Waals surface area contributed by atoms with Crippen molar-refractivity contribution in [3.63, 3.8) is 0 Å². The zero-order chi connectivity index (χ0) is 16.1. The van der Waals surface area contributed by atoms with Crippen molar-refractivity contribution in [2.75, 3.05) is 44.7 Å². The van der Waals surface area contributed by atoms with Crippen LogP contribution in [0, 0.1) is 11.3 Å². The highest BCUT2D eigenvalue weighted by atomic mass is 79.9. The third kappa shape index (κ3) is 4.44. The maximum Gasteiger partial charge on any atom is 0.317 e. The van der Waals surface area contributed by atoms with Gasteiger partial charge in [-0.1, -0.05) is 0 Å². The zero-order valence-corrected chi connectivity index (χ0v) is 13.9. The fourth-order valence-electron chi connectivity index (χ4n) is 2.52. The van der Waals surface area contributed by atoms with Gasteiger partial charge in [0.25, 0.3) is 0 Å². The largest absolute Gasteiger partial charge is 0.480 e. The number of nitrogens with zero attached hydrogens (tertiary/aromatic N) is 3. The number of hydrogen-bond acceptors (Lipinski definition) is 5. The minimum absolute atomic E-state index is 0.000418. The molecule has 1 saturated heterocycles. The number of morpholine rings is 1. The maximum absolute atomic E-state index is 10.7. The summed E-state index contributed by atoms with van der Waals surface area (Å²) in [6.07, 6.45) is -0.0411. The van der Waals surface area contributed by atoms with Gasteiger partial charge in [0.15, 0.2) is 0 Å². The lowest BCUT2D eigenvalue weighted by Gasteiger charge is -2.36. The molecule has 1 unspecified atom stereocenters. The van der Waals surface area contributed by atoms with Gasteiger partial charge in [0.05, 0.1) is 36.6 Å². The summed E-state index contributed by atoms with van der Waals surface area (Å²) in [5, 5.41) is 17.7. The molecule has 1 N–H and O–H groups in total. The number of hydrogen-bond donors (Lipinski definition) is 1. The highest BCUT2D eigenvalue weighted by molar-refractivity contribution is 9.10. The van der Waals surface area contributed by atoms with Gasteiger partial charge in [-0.3, -0.25) is 9.69 Å². The molecule has 7 heteroatoms. The number of carbonyl (C=O) groups is 1. The highest BCUT2D eigenvalue weighted by Crippen LogP contribution is 2.28. The van der Waals surface area contributed by atoms with E-state index >= 15 is 0 Å². The summed E-state index contributed by atoms with van der Waals surface area (Å²) in [6.45, 7) is 2.62. The fourth-order valence-corrected chi connectivity index (χ4v) is 3.15. The molecule has 118 valence electrons. The quantitative estimate of drug-likeness (QED) is 0.850. The number of halogens is 1. The van der Waals surface area contributed by atoms with E-state index in [0.717, 1.165) is 16.7 Å². The van der Waals surface area contributed by atoms with Gasteiger partial charge >= 0.3 is 5.97 Å². The molecule has 1 aliphatic rings. The number of carboxylic acid groups (broad SMARTS) is 1. The zero-order valence-electron chi connectivity index (χ0n) is 12.3. The molecule has 22 heavy (non-hydrogen) atoms. The molecule has 1 aromatic rings. The molecule has 0 aliphatic carbocycles. The van der Waals surface area contributed by atoms with Crippen LogP contribution in [0.1, 0.15) is 5.56 Å². The minimum atomic E-state index is -0.843. The van der Waals surface area contributed by atoms with E-state index in [4.69, 9.17) is 15.1 Å². The van der Waals surface area contributed by atoms with Crippen LogP contribution in [0.2, 0.25) is 0 Å². The number of aliphatic carboxylic acids is 1. The summed E-state index contributed by atoms with van der Waals surface area (Å²) in [6, 6.07) is 7.63. The molecule has 1 heterocycles. The van der Waals surface area contributed by atoms with Crippen molar-refractivity contribution < 1.29 is 14.6 Å². The average Bonchev–Trinajstić information content (AvgIpc) is 2.46. The molecule has 6 nitrogen and oxygen atoms in total. The number of rotatable bonds is 5. The lowest BCUT2D eigenvalue weighted by molar-refractivity contribution is -0.138. The number of nitriles is 1. The molecular formula is C15H18BrN3O3. The highest BCUT2D eigenvalue weighted by Gasteiger charge is 2.23. The summed E-state index contributed by atoms with van der Waals surface area (Å²) in [7, 11) is 1.77. The van der Waals surface area contributed by atoms with E-state index in [0.29, 0.717) is 25.3 Å². The van der Waals surface area contributed by atoms with Crippen LogP contribution in [0.15, 0.2) is 22.7 Å². The van der Waals surface area contributed by atoms with Gasteiger partial charge in [-0.15, -0.1) is 0 Å². The molecule has 1 atom stereocenters. The van der Waals surface area contributed by atoms with Crippen LogP contribution >= 0.6 is 15.9 Å². The Kier molecular flexibility index (Phi) is 5.77. The van der Waals surface area contributed by atoms with Crippen LogP contribution < -0.4 is 4.90 Å². The second-order valence-corrected chi connectivity index (χ2v) is 6.16. The molecule has 0 radical (unpaired) electrons. The van der Waals surface area contributed by atoms with E-state index in [1.807, 2.05) is 6.07 Å². The molecule has 0 spiro atoms. The molecule has 1 aromatic carbocycles. The normalized spacial score (nSPS) is 18.3. The molecule has 1 fully saturated rings. The van der Waals surface area contributed by atoms with Gasteiger partial charge in [0.2, 0.25) is 0 Å². The smallest absolute Gasteiger partial charge is 0.317 e. The summed E-state index contributed by atoms with van der Waals surface area (Å²) < 4.78 is 6.60. The maximum atomic E-state index is 10.7. The molecule has 0 aromatic heterocycles. The van der Waals surface area contributed by atoms with Crippen molar-refractivity contribution >= 4 is 27.6 Å². The summed E-state index contributed by atoms with van der Waals surface area (Å²) in [4.78, 5) is 14.6. The van der Waals surface area contributed by atoms with Crippen molar-refractivity contribution in [3.8, 4) is 6.07 Å². The topological polar surface area (TPSA) is 76.8 Å². The van der Waals surface area contributed by atoms with Crippen LogP contribution in [0.25, 0.3) is 0 Å². The van der Waals surface area contributed by atoms with Crippen LogP contribution in [0.4, 0.5) is 5.69 Å². The lowest BCUT2D eigenvalue weighted by Crippen LogP contribution is -2.47. The van der Waals surface area contributed by atoms with Crippen molar-refractivity contribution in [2.45, 2.75) is 6.10 Å². The Hall–Kier alpha value is -1.62. The predicted molar refractivity (Wildman–Crippen MR) is 85.9 cm³/mol. The third-order valence-corrected chi connectivity index (χ3v) is 4.11. The number of carboxylic acids is 1. The first-order valence-electron chi connectivity index (χ1n) is 6.96. The summed E-state index contributed by atoms with van der Waals surface area (Å²) in [5.41, 5.74) is 1.63. The van der Waals surface area contributed by atoms with Gasteiger partial charge in [-0.25, -0.2) is 0 Å². The first-order chi connectivity index (χ1) is 10.5. The predicted octanol–water partition coefficient (Wildman–Crippen LogP) is 1.54. The third-order valence-electron chi connectivity index (χ3n) is 3.48. The van der Waals surface area contributed by atoms with Gasteiger partial charge in [-0.2, -0.15) is 5.26 Å². The second-order valence-electron chi connectivity index (χ2n) is 5.31. The Bertz CT molecular complexity index is 588. The van der Waals surface area contributed by atoms with Crippen molar-refractivity contribution in [1.82, 2.24) is 4.90 Å². The second kappa shape index (κ2) is 7.58. The van der Waals surface area contributed by atoms with Crippen LogP contribution in [0.5, 0.6) is 0 Å². The van der Waals surface area contributed by atoms with E-state index in [-0.39, 0.29) is 12.6 Å². The molecule has 2 rings (SSSR count). The SMILES string of the molecule is CN(CC(=O)O)CC1CN(c2ccc(C#N)cc2Br)CCO1. The van der Waals surface area contributed by atoms with Gasteiger partial charge in [0, 0.05) is 24.1 Å². The Labute approximate surface area is 138 Å². The minimum Gasteiger partial charge on any atom is -0.480 e. The summed E-state index contributed by atoms with van der Waals surface area (Å²) >= 11 is 3.51. The van der Waals surface area contributed by atoms with Gasteiger partial charge in [0.1, 0.15) is 0 Å². The fraction of sp³-hybridized carbons (Fsp3) is 0.467. The Morgan fingerprint density at radius 1 is 1.64 bits per heavy atom. The Balaban J connectivity index is 2.01. The molecule has 0 saturated carbocycles. The van der Waals surface area contributed by atoms with Crippen LogP contribution in [-0.4, -0.2) is 61.9 Å². The summed E-state index contributed by atoms with van der Waals surface area (Å²) in [5.74, 6) is -0.843. The van der Waals surface area contributed by atoms with E-state index in [9.17, 15) is 4.79 Å². The number of ether oxygens (including phenoxy) is 1. The molecule has 1 aliphatic heterocycles. The average molecular weight is 368 g/mol. The standard InChI is InChI=1S/C15H18BrN3O3/c1-18(10-15(20)21)8-12-9-19(4-5-22-12)14-3-2-11(7-17)6-13(14)16/h2-3,6,12H,4-5,8-10H2,1H3,(H,20,21).